The van der Waals surface area contributed by atoms with Crippen LogP contribution in [0, 0.1) is 0 Å². The van der Waals surface area contributed by atoms with Gasteiger partial charge in [-0.1, -0.05) is 67.9 Å². The molecule has 8 nitrogen and oxygen atoms in total. The summed E-state index contributed by atoms with van der Waals surface area (Å²) >= 11 is 0. The van der Waals surface area contributed by atoms with E-state index in [1.807, 2.05) is 30.6 Å². The number of H-pyrrole nitrogens is 1. The van der Waals surface area contributed by atoms with Gasteiger partial charge in [-0.3, -0.25) is 4.98 Å². The van der Waals surface area contributed by atoms with Crippen molar-refractivity contribution < 1.29 is 0 Å². The molecule has 0 radical (unpaired) electrons. The normalized spacial score (nSPS) is 11.1. The Morgan fingerprint density at radius 2 is 1.75 bits per heavy atom. The van der Waals surface area contributed by atoms with Crippen molar-refractivity contribution in [1.29, 1.82) is 0 Å². The number of tetrazole rings is 1. The molecule has 8 heteroatoms. The maximum atomic E-state index is 5.01. The Labute approximate surface area is 209 Å². The third kappa shape index (κ3) is 4.23. The van der Waals surface area contributed by atoms with Gasteiger partial charge in [0.2, 0.25) is 0 Å². The van der Waals surface area contributed by atoms with Crippen LogP contribution in [-0.4, -0.2) is 35.2 Å². The number of aromatic nitrogens is 7. The first-order chi connectivity index (χ1) is 17.3. The molecular weight excluding hydrogens is 448 g/mol. The van der Waals surface area contributed by atoms with Gasteiger partial charge in [-0.25, -0.2) is 10.1 Å². The molecule has 0 bridgehead atoms. The van der Waals surface area contributed by atoms with Crippen LogP contribution in [-0.2, 0) is 13.0 Å². The summed E-state index contributed by atoms with van der Waals surface area (Å²) in [6.45, 7) is 2.98. The third-order valence-electron chi connectivity index (χ3n) is 6.49. The van der Waals surface area contributed by atoms with Crippen LogP contribution >= 0.6 is 0 Å². The predicted molar refractivity (Wildman–Crippen MR) is 143 cm³/mol. The number of rotatable bonds is 7. The lowest BCUT2D eigenvalue weighted by atomic mass is 9.98. The number of aryl methyl sites for hydroxylation is 1. The van der Waals surface area contributed by atoms with Gasteiger partial charge in [0.1, 0.15) is 5.82 Å². The Morgan fingerprint density at radius 1 is 0.917 bits per heavy atom. The van der Waals surface area contributed by atoms with E-state index < -0.39 is 0 Å². The van der Waals surface area contributed by atoms with Crippen molar-refractivity contribution in [2.45, 2.75) is 32.7 Å². The molecule has 0 saturated carbocycles. The van der Waals surface area contributed by atoms with Crippen molar-refractivity contribution in [3.8, 4) is 22.5 Å². The van der Waals surface area contributed by atoms with Gasteiger partial charge in [-0.2, -0.15) is 0 Å². The van der Waals surface area contributed by atoms with Gasteiger partial charge in [0.25, 0.3) is 0 Å². The fourth-order valence-electron chi connectivity index (χ4n) is 4.72. The maximum Gasteiger partial charge on any atom is 0.180 e. The minimum Gasteiger partial charge on any atom is -0.344 e. The van der Waals surface area contributed by atoms with E-state index in [0.717, 1.165) is 64.7 Å². The highest BCUT2D eigenvalue weighted by atomic mass is 15.5. The molecule has 36 heavy (non-hydrogen) atoms. The Balaban J connectivity index is 0.00000267. The van der Waals surface area contributed by atoms with Gasteiger partial charge in [-0.15, -0.1) is 5.10 Å². The SMILES string of the molecule is CCCCc1nc2ccc3ccncc3c2n1Cc1ccc(-c2ccccc2-c2nnn[nH]2)cc1.N. The largest absolute Gasteiger partial charge is 0.344 e. The number of aromatic amines is 1. The Kier molecular flexibility index (Phi) is 6.51. The van der Waals surface area contributed by atoms with Crippen molar-refractivity contribution >= 4 is 21.8 Å². The van der Waals surface area contributed by atoms with Crippen molar-refractivity contribution in [2.75, 3.05) is 0 Å². The quantitative estimate of drug-likeness (QED) is 0.292. The molecule has 180 valence electrons. The predicted octanol–water partition coefficient (Wildman–Crippen LogP) is 5.98. The average molecular weight is 477 g/mol. The second-order valence-electron chi connectivity index (χ2n) is 8.74. The molecule has 0 unspecified atom stereocenters. The molecular formula is C28H28N8. The molecule has 0 aliphatic rings. The topological polar surface area (TPSA) is 120 Å². The number of hydrogen-bond acceptors (Lipinski definition) is 6. The van der Waals surface area contributed by atoms with Gasteiger partial charge < -0.3 is 10.7 Å². The van der Waals surface area contributed by atoms with Gasteiger partial charge >= 0.3 is 0 Å². The number of benzene rings is 3. The Bertz CT molecular complexity index is 1600. The highest BCUT2D eigenvalue weighted by Crippen LogP contribution is 2.31. The Hall–Kier alpha value is -4.43. The summed E-state index contributed by atoms with van der Waals surface area (Å²) < 4.78 is 2.37. The zero-order valence-electron chi connectivity index (χ0n) is 20.2. The summed E-state index contributed by atoms with van der Waals surface area (Å²) in [5.74, 6) is 1.79. The van der Waals surface area contributed by atoms with Crippen LogP contribution in [0.15, 0.2) is 79.1 Å². The molecule has 0 aliphatic heterocycles. The summed E-state index contributed by atoms with van der Waals surface area (Å²) in [4.78, 5) is 9.41. The lowest BCUT2D eigenvalue weighted by Gasteiger charge is -2.12. The highest BCUT2D eigenvalue weighted by molar-refractivity contribution is 6.04. The van der Waals surface area contributed by atoms with Gasteiger partial charge in [0, 0.05) is 36.3 Å². The van der Waals surface area contributed by atoms with Crippen molar-refractivity contribution in [3.63, 3.8) is 0 Å². The first-order valence-electron chi connectivity index (χ1n) is 12.0. The summed E-state index contributed by atoms with van der Waals surface area (Å²) in [6, 6.07) is 23.2. The molecule has 0 amide bonds. The molecule has 6 aromatic rings. The molecule has 0 saturated heterocycles. The van der Waals surface area contributed by atoms with E-state index in [1.165, 1.54) is 10.9 Å². The fourth-order valence-corrected chi connectivity index (χ4v) is 4.72. The Morgan fingerprint density at radius 3 is 2.53 bits per heavy atom. The summed E-state index contributed by atoms with van der Waals surface area (Å²) in [5.41, 5.74) is 6.61. The zero-order chi connectivity index (χ0) is 23.6. The summed E-state index contributed by atoms with van der Waals surface area (Å²) in [7, 11) is 0. The van der Waals surface area contributed by atoms with Gasteiger partial charge in [-0.05, 0) is 51.1 Å². The van der Waals surface area contributed by atoms with Crippen LogP contribution < -0.4 is 6.15 Å². The van der Waals surface area contributed by atoms with Crippen molar-refractivity contribution in [1.82, 2.24) is 41.3 Å². The molecule has 0 atom stereocenters. The molecule has 0 fully saturated rings. The number of nitrogens with one attached hydrogen (secondary N) is 1. The van der Waals surface area contributed by atoms with E-state index >= 15 is 0 Å². The van der Waals surface area contributed by atoms with Gasteiger partial charge in [0.05, 0.1) is 11.0 Å². The van der Waals surface area contributed by atoms with Crippen LogP contribution in [0.3, 0.4) is 0 Å². The standard InChI is InChI=1S/C28H25N7.H3N/c1-2-3-8-26-30-25-14-13-21-15-16-29-17-24(21)27(25)35(26)18-19-9-11-20(12-10-19)22-6-4-5-7-23(22)28-31-33-34-32-28;/h4-7,9-17H,2-3,8,18H2,1H3,(H,31,32,33,34);1H3. The van der Waals surface area contributed by atoms with Crippen LogP contribution in [0.2, 0.25) is 0 Å². The maximum absolute atomic E-state index is 5.01. The van der Waals surface area contributed by atoms with Crippen LogP contribution in [0.25, 0.3) is 44.3 Å². The molecule has 0 spiro atoms. The molecule has 3 aromatic carbocycles. The van der Waals surface area contributed by atoms with Gasteiger partial charge in [0.15, 0.2) is 5.82 Å². The third-order valence-corrected chi connectivity index (χ3v) is 6.49. The van der Waals surface area contributed by atoms with E-state index in [4.69, 9.17) is 4.98 Å². The second kappa shape index (κ2) is 10.1. The van der Waals surface area contributed by atoms with E-state index in [0.29, 0.717) is 5.82 Å². The highest BCUT2D eigenvalue weighted by Gasteiger charge is 2.15. The fraction of sp³-hybridized carbons (Fsp3) is 0.179. The molecule has 3 aromatic heterocycles. The smallest absolute Gasteiger partial charge is 0.180 e. The number of hydrogen-bond donors (Lipinski definition) is 2. The number of fused-ring (bicyclic) bond motifs is 3. The molecule has 4 N–H and O–H groups in total. The minimum atomic E-state index is 0. The number of nitrogens with zero attached hydrogens (tertiary/aromatic N) is 6. The summed E-state index contributed by atoms with van der Waals surface area (Å²) in [6.07, 6.45) is 7.02. The molecule has 3 heterocycles. The van der Waals surface area contributed by atoms with Crippen LogP contribution in [0.5, 0.6) is 0 Å². The van der Waals surface area contributed by atoms with E-state index in [-0.39, 0.29) is 6.15 Å². The van der Waals surface area contributed by atoms with Crippen molar-refractivity contribution in [3.05, 3.63) is 90.5 Å². The first kappa shape index (κ1) is 23.3. The van der Waals surface area contributed by atoms with Crippen LogP contribution in [0.1, 0.15) is 31.2 Å². The first-order valence-corrected chi connectivity index (χ1v) is 12.0. The van der Waals surface area contributed by atoms with E-state index in [1.54, 1.807) is 0 Å². The average Bonchev–Trinajstić information content (AvgIpc) is 3.57. The van der Waals surface area contributed by atoms with Crippen LogP contribution in [0.4, 0.5) is 0 Å². The molecule has 0 aliphatic carbocycles. The lowest BCUT2D eigenvalue weighted by Crippen LogP contribution is -2.06. The monoisotopic (exact) mass is 476 g/mol. The van der Waals surface area contributed by atoms with E-state index in [2.05, 4.69) is 85.6 Å². The number of pyridine rings is 1. The molecule has 6 rings (SSSR count). The minimum absolute atomic E-state index is 0. The lowest BCUT2D eigenvalue weighted by molar-refractivity contribution is 0.690. The number of imidazole rings is 1. The summed E-state index contributed by atoms with van der Waals surface area (Å²) in [5, 5.41) is 16.8. The number of unbranched alkanes of at least 4 members (excludes halogenated alkanes) is 1. The second-order valence-corrected chi connectivity index (χ2v) is 8.74. The zero-order valence-corrected chi connectivity index (χ0v) is 20.2. The van der Waals surface area contributed by atoms with E-state index in [9.17, 15) is 0 Å². The van der Waals surface area contributed by atoms with Crippen molar-refractivity contribution in [2.24, 2.45) is 0 Å².